The lowest BCUT2D eigenvalue weighted by Crippen LogP contribution is -2.49. The summed E-state index contributed by atoms with van der Waals surface area (Å²) in [6, 6.07) is 13.8. The molecule has 2 aromatic carbocycles. The van der Waals surface area contributed by atoms with Gasteiger partial charge >= 0.3 is 0 Å². The number of methoxy groups -OCH3 is 2. The van der Waals surface area contributed by atoms with Crippen molar-refractivity contribution in [1.82, 2.24) is 4.90 Å². The van der Waals surface area contributed by atoms with Gasteiger partial charge in [-0.2, -0.15) is 0 Å². The number of benzene rings is 2. The van der Waals surface area contributed by atoms with Crippen molar-refractivity contribution < 1.29 is 9.47 Å². The predicted octanol–water partition coefficient (Wildman–Crippen LogP) is 3.68. The molecule has 2 aromatic rings. The van der Waals surface area contributed by atoms with Gasteiger partial charge < -0.3 is 15.2 Å². The van der Waals surface area contributed by atoms with Crippen molar-refractivity contribution in [3.8, 4) is 11.5 Å². The molecule has 0 amide bonds. The van der Waals surface area contributed by atoms with Crippen LogP contribution in [0.2, 0.25) is 0 Å². The molecule has 4 rings (SSSR count). The van der Waals surface area contributed by atoms with Gasteiger partial charge in [0, 0.05) is 31.1 Å². The minimum atomic E-state index is 0.164. The highest BCUT2D eigenvalue weighted by atomic mass is 16.5. The van der Waals surface area contributed by atoms with Gasteiger partial charge in [0.25, 0.3) is 0 Å². The highest BCUT2D eigenvalue weighted by Crippen LogP contribution is 2.44. The van der Waals surface area contributed by atoms with Gasteiger partial charge in [-0.3, -0.25) is 4.90 Å². The van der Waals surface area contributed by atoms with E-state index in [1.54, 1.807) is 14.2 Å². The number of ether oxygens (including phenoxy) is 2. The lowest BCUT2D eigenvalue weighted by Gasteiger charge is -2.46. The molecule has 1 fully saturated rings. The molecule has 4 nitrogen and oxygen atoms in total. The molecule has 0 spiro atoms. The number of hydrogen-bond donors (Lipinski definition) is 1. The average Bonchev–Trinajstić information content (AvgIpc) is 2.72. The second kappa shape index (κ2) is 7.53. The maximum absolute atomic E-state index is 6.71. The van der Waals surface area contributed by atoms with E-state index < -0.39 is 0 Å². The van der Waals surface area contributed by atoms with Crippen LogP contribution in [0.4, 0.5) is 0 Å². The number of nitrogens with two attached hydrogens (primary N) is 1. The van der Waals surface area contributed by atoms with Crippen LogP contribution >= 0.6 is 0 Å². The number of rotatable bonds is 4. The van der Waals surface area contributed by atoms with Crippen LogP contribution in [0.1, 0.15) is 47.6 Å². The van der Waals surface area contributed by atoms with Crippen LogP contribution in [-0.2, 0) is 12.8 Å². The van der Waals surface area contributed by atoms with E-state index in [0.29, 0.717) is 12.0 Å². The molecule has 2 N–H and O–H groups in total. The maximum atomic E-state index is 6.71. The van der Waals surface area contributed by atoms with Gasteiger partial charge in [-0.1, -0.05) is 31.2 Å². The molecule has 27 heavy (non-hydrogen) atoms. The predicted molar refractivity (Wildman–Crippen MR) is 109 cm³/mol. The van der Waals surface area contributed by atoms with Crippen molar-refractivity contribution in [2.45, 2.75) is 44.2 Å². The third-order valence-corrected chi connectivity index (χ3v) is 6.34. The second-order valence-electron chi connectivity index (χ2n) is 7.77. The van der Waals surface area contributed by atoms with Crippen LogP contribution in [-0.4, -0.2) is 38.3 Å². The van der Waals surface area contributed by atoms with Crippen molar-refractivity contribution >= 4 is 0 Å². The molecule has 0 radical (unpaired) electrons. The topological polar surface area (TPSA) is 47.7 Å². The van der Waals surface area contributed by atoms with Gasteiger partial charge in [-0.05, 0) is 53.6 Å². The molecule has 0 saturated carbocycles. The van der Waals surface area contributed by atoms with Crippen LogP contribution in [0.5, 0.6) is 11.5 Å². The summed E-state index contributed by atoms with van der Waals surface area (Å²) in [6.07, 6.45) is 3.09. The highest BCUT2D eigenvalue weighted by Gasteiger charge is 2.38. The summed E-state index contributed by atoms with van der Waals surface area (Å²) in [5.74, 6) is 2.03. The largest absolute Gasteiger partial charge is 0.493 e. The Balaban J connectivity index is 1.63. The number of aryl methyl sites for hydroxylation is 1. The molecular weight excluding hydrogens is 336 g/mol. The fourth-order valence-electron chi connectivity index (χ4n) is 4.78. The summed E-state index contributed by atoms with van der Waals surface area (Å²) in [5, 5.41) is 0. The third kappa shape index (κ3) is 3.32. The zero-order valence-electron chi connectivity index (χ0n) is 16.6. The number of piperidine rings is 1. The van der Waals surface area contributed by atoms with E-state index in [9.17, 15) is 0 Å². The van der Waals surface area contributed by atoms with E-state index in [0.717, 1.165) is 43.9 Å². The summed E-state index contributed by atoms with van der Waals surface area (Å²) in [6.45, 7) is 4.30. The van der Waals surface area contributed by atoms with Gasteiger partial charge in [0.15, 0.2) is 11.5 Å². The Morgan fingerprint density at radius 1 is 1.11 bits per heavy atom. The zero-order chi connectivity index (χ0) is 19.0. The molecular formula is C23H30N2O2. The summed E-state index contributed by atoms with van der Waals surface area (Å²) in [4.78, 5) is 2.61. The van der Waals surface area contributed by atoms with Crippen LogP contribution in [0.25, 0.3) is 0 Å². The van der Waals surface area contributed by atoms with Gasteiger partial charge in [-0.15, -0.1) is 0 Å². The Labute approximate surface area is 162 Å². The number of nitrogens with zero attached hydrogens (tertiary/aromatic N) is 1. The van der Waals surface area contributed by atoms with E-state index in [1.165, 1.54) is 22.3 Å². The van der Waals surface area contributed by atoms with Gasteiger partial charge in [0.1, 0.15) is 0 Å². The summed E-state index contributed by atoms with van der Waals surface area (Å²) < 4.78 is 11.0. The summed E-state index contributed by atoms with van der Waals surface area (Å²) >= 11 is 0. The lowest BCUT2D eigenvalue weighted by molar-refractivity contribution is 0.109. The van der Waals surface area contributed by atoms with E-state index >= 15 is 0 Å². The maximum Gasteiger partial charge on any atom is 0.161 e. The first-order chi connectivity index (χ1) is 13.1. The Kier molecular flexibility index (Phi) is 5.11. The molecule has 4 heteroatoms. The zero-order valence-corrected chi connectivity index (χ0v) is 16.6. The molecule has 0 aromatic heterocycles. The first kappa shape index (κ1) is 18.3. The van der Waals surface area contributed by atoms with Crippen molar-refractivity contribution in [2.24, 2.45) is 5.73 Å². The monoisotopic (exact) mass is 366 g/mol. The normalized spacial score (nSPS) is 24.8. The SMILES string of the molecule is CCc1cccc([C@H]2CN3CCc4cc(OC)c(OC)cc4[C@@H]3C[C@H]2N)c1. The molecule has 2 heterocycles. The minimum Gasteiger partial charge on any atom is -0.493 e. The van der Waals surface area contributed by atoms with E-state index in [-0.39, 0.29) is 6.04 Å². The van der Waals surface area contributed by atoms with Crippen LogP contribution in [0.3, 0.4) is 0 Å². The fourth-order valence-corrected chi connectivity index (χ4v) is 4.78. The van der Waals surface area contributed by atoms with Crippen LogP contribution in [0.15, 0.2) is 36.4 Å². The second-order valence-corrected chi connectivity index (χ2v) is 7.77. The molecule has 2 aliphatic heterocycles. The van der Waals surface area contributed by atoms with Crippen LogP contribution < -0.4 is 15.2 Å². The molecule has 0 aliphatic carbocycles. The smallest absolute Gasteiger partial charge is 0.161 e. The Morgan fingerprint density at radius 3 is 2.63 bits per heavy atom. The molecule has 0 bridgehead atoms. The summed E-state index contributed by atoms with van der Waals surface area (Å²) in [7, 11) is 3.40. The number of hydrogen-bond acceptors (Lipinski definition) is 4. The van der Waals surface area contributed by atoms with Gasteiger partial charge in [-0.25, -0.2) is 0 Å². The average molecular weight is 367 g/mol. The molecule has 2 aliphatic rings. The standard InChI is InChI=1S/C23H30N2O2/c1-4-15-6-5-7-16(10-15)19-14-25-9-8-17-11-22(26-2)23(27-3)12-18(17)21(25)13-20(19)24/h5-7,10-12,19-21H,4,8-9,13-14,24H2,1-3H3/t19-,20-,21+/m1/s1. The van der Waals surface area contributed by atoms with Crippen molar-refractivity contribution in [3.63, 3.8) is 0 Å². The first-order valence-electron chi connectivity index (χ1n) is 9.97. The Bertz CT molecular complexity index is 820. The van der Waals surface area contributed by atoms with Crippen molar-refractivity contribution in [2.75, 3.05) is 27.3 Å². The first-order valence-corrected chi connectivity index (χ1v) is 9.97. The molecule has 144 valence electrons. The van der Waals surface area contributed by atoms with E-state index in [2.05, 4.69) is 48.2 Å². The lowest BCUT2D eigenvalue weighted by atomic mass is 9.78. The fraction of sp³-hybridized carbons (Fsp3) is 0.478. The Hall–Kier alpha value is -2.04. The van der Waals surface area contributed by atoms with Gasteiger partial charge in [0.05, 0.1) is 14.2 Å². The van der Waals surface area contributed by atoms with E-state index in [4.69, 9.17) is 15.2 Å². The van der Waals surface area contributed by atoms with Crippen molar-refractivity contribution in [1.29, 1.82) is 0 Å². The van der Waals surface area contributed by atoms with E-state index in [1.807, 2.05) is 0 Å². The minimum absolute atomic E-state index is 0.164. The quantitative estimate of drug-likeness (QED) is 0.897. The molecule has 1 saturated heterocycles. The number of fused-ring (bicyclic) bond motifs is 3. The van der Waals surface area contributed by atoms with Crippen LogP contribution in [0, 0.1) is 0 Å². The molecule has 0 unspecified atom stereocenters. The Morgan fingerprint density at radius 2 is 1.89 bits per heavy atom. The van der Waals surface area contributed by atoms with Gasteiger partial charge in [0.2, 0.25) is 0 Å². The van der Waals surface area contributed by atoms with Crippen molar-refractivity contribution in [3.05, 3.63) is 58.7 Å². The third-order valence-electron chi connectivity index (χ3n) is 6.34. The summed E-state index contributed by atoms with van der Waals surface area (Å²) in [5.41, 5.74) is 12.2. The highest BCUT2D eigenvalue weighted by molar-refractivity contribution is 5.50. The molecule has 3 atom stereocenters.